The van der Waals surface area contributed by atoms with Crippen LogP contribution in [0.1, 0.15) is 13.8 Å². The summed E-state index contributed by atoms with van der Waals surface area (Å²) in [7, 11) is 0. The van der Waals surface area contributed by atoms with Gasteiger partial charge in [-0.15, -0.1) is 0 Å². The summed E-state index contributed by atoms with van der Waals surface area (Å²) in [4.78, 5) is 6.93. The van der Waals surface area contributed by atoms with Crippen molar-refractivity contribution in [3.05, 3.63) is 23.5 Å². The van der Waals surface area contributed by atoms with Gasteiger partial charge in [-0.1, -0.05) is 13.0 Å². The predicted octanol–water partition coefficient (Wildman–Crippen LogP) is 1.40. The minimum atomic E-state index is 0.498. The van der Waals surface area contributed by atoms with E-state index >= 15 is 0 Å². The van der Waals surface area contributed by atoms with E-state index in [-0.39, 0.29) is 0 Å². The maximum Gasteiger partial charge on any atom is 0.128 e. The molecule has 0 radical (unpaired) electrons. The van der Waals surface area contributed by atoms with Crippen LogP contribution in [0.5, 0.6) is 0 Å². The molecule has 2 aliphatic rings. The summed E-state index contributed by atoms with van der Waals surface area (Å²) in [5, 5.41) is 3.36. The molecule has 3 nitrogen and oxygen atoms in total. The average Bonchev–Trinajstić information content (AvgIpc) is 2.44. The molecule has 0 spiro atoms. The lowest BCUT2D eigenvalue weighted by Gasteiger charge is -2.31. The van der Waals surface area contributed by atoms with Crippen molar-refractivity contribution in [1.29, 1.82) is 0 Å². The lowest BCUT2D eigenvalue weighted by atomic mass is 10.0. The van der Waals surface area contributed by atoms with Crippen LogP contribution < -0.4 is 5.32 Å². The third-order valence-electron chi connectivity index (χ3n) is 3.13. The molecule has 0 aromatic carbocycles. The van der Waals surface area contributed by atoms with Gasteiger partial charge in [0.2, 0.25) is 0 Å². The zero-order chi connectivity index (χ0) is 10.7. The molecule has 0 aromatic rings. The second-order valence-corrected chi connectivity index (χ2v) is 4.20. The standard InChI is InChI=1S/C12H19N3/c1-10-4-3-5-14-12(11(10)2)15-8-6-13-7-9-15/h3-5,10,13H,6-9H2,1-2H3/t10-/m1/s1. The van der Waals surface area contributed by atoms with E-state index in [0.717, 1.165) is 26.2 Å². The van der Waals surface area contributed by atoms with E-state index in [1.807, 2.05) is 12.3 Å². The molecule has 0 amide bonds. The summed E-state index contributed by atoms with van der Waals surface area (Å²) in [6.07, 6.45) is 6.15. The molecule has 15 heavy (non-hydrogen) atoms. The number of aliphatic imine (C=N–C) groups is 1. The molecule has 1 N–H and O–H groups in total. The molecule has 2 aliphatic heterocycles. The molecule has 2 heterocycles. The molecule has 0 aromatic heterocycles. The molecular weight excluding hydrogens is 186 g/mol. The van der Waals surface area contributed by atoms with Crippen molar-refractivity contribution in [2.45, 2.75) is 13.8 Å². The van der Waals surface area contributed by atoms with E-state index in [9.17, 15) is 0 Å². The Morgan fingerprint density at radius 3 is 2.87 bits per heavy atom. The lowest BCUT2D eigenvalue weighted by molar-refractivity contribution is 0.293. The Bertz CT molecular complexity index is 309. The SMILES string of the molecule is CC1=C(N2CCNCC2)N=CC=C[C@H]1C. The summed E-state index contributed by atoms with van der Waals surface area (Å²) in [5.41, 5.74) is 1.38. The van der Waals surface area contributed by atoms with E-state index in [1.54, 1.807) is 0 Å². The van der Waals surface area contributed by atoms with Crippen LogP contribution >= 0.6 is 0 Å². The molecule has 3 heteroatoms. The van der Waals surface area contributed by atoms with Crippen LogP contribution in [0, 0.1) is 5.92 Å². The van der Waals surface area contributed by atoms with Gasteiger partial charge in [0.1, 0.15) is 5.82 Å². The Kier molecular flexibility index (Phi) is 3.21. The van der Waals surface area contributed by atoms with Crippen LogP contribution in [0.15, 0.2) is 28.5 Å². The van der Waals surface area contributed by atoms with E-state index in [1.165, 1.54) is 11.4 Å². The van der Waals surface area contributed by atoms with Crippen LogP contribution in [0.25, 0.3) is 0 Å². The van der Waals surface area contributed by atoms with Gasteiger partial charge in [0.05, 0.1) is 0 Å². The number of nitrogens with one attached hydrogen (secondary N) is 1. The number of rotatable bonds is 1. The lowest BCUT2D eigenvalue weighted by Crippen LogP contribution is -2.43. The third-order valence-corrected chi connectivity index (χ3v) is 3.13. The Balaban J connectivity index is 2.21. The molecule has 0 saturated carbocycles. The number of hydrogen-bond acceptors (Lipinski definition) is 3. The predicted molar refractivity (Wildman–Crippen MR) is 63.9 cm³/mol. The van der Waals surface area contributed by atoms with Crippen molar-refractivity contribution in [1.82, 2.24) is 10.2 Å². The zero-order valence-corrected chi connectivity index (χ0v) is 9.53. The second-order valence-electron chi connectivity index (χ2n) is 4.20. The first-order chi connectivity index (χ1) is 7.29. The largest absolute Gasteiger partial charge is 0.354 e. The number of piperazine rings is 1. The van der Waals surface area contributed by atoms with E-state index in [0.29, 0.717) is 5.92 Å². The van der Waals surface area contributed by atoms with Crippen molar-refractivity contribution in [3.8, 4) is 0 Å². The molecule has 2 rings (SSSR count). The Morgan fingerprint density at radius 1 is 1.40 bits per heavy atom. The average molecular weight is 205 g/mol. The minimum Gasteiger partial charge on any atom is -0.354 e. The molecule has 0 unspecified atom stereocenters. The quantitative estimate of drug-likeness (QED) is 0.700. The molecule has 82 valence electrons. The van der Waals surface area contributed by atoms with Crippen molar-refractivity contribution >= 4 is 6.21 Å². The van der Waals surface area contributed by atoms with Gasteiger partial charge in [-0.05, 0) is 24.5 Å². The van der Waals surface area contributed by atoms with Gasteiger partial charge in [-0.25, -0.2) is 4.99 Å². The van der Waals surface area contributed by atoms with Crippen LogP contribution in [0.4, 0.5) is 0 Å². The molecule has 0 aliphatic carbocycles. The van der Waals surface area contributed by atoms with Crippen LogP contribution in [-0.4, -0.2) is 37.3 Å². The van der Waals surface area contributed by atoms with Gasteiger partial charge in [-0.2, -0.15) is 0 Å². The van der Waals surface area contributed by atoms with Crippen LogP contribution in [0.2, 0.25) is 0 Å². The highest BCUT2D eigenvalue weighted by atomic mass is 15.3. The van der Waals surface area contributed by atoms with Gasteiger partial charge >= 0.3 is 0 Å². The van der Waals surface area contributed by atoms with Gasteiger partial charge in [0, 0.05) is 32.4 Å². The third kappa shape index (κ3) is 2.29. The van der Waals surface area contributed by atoms with E-state index in [2.05, 4.69) is 35.1 Å². The first kappa shape index (κ1) is 10.4. The number of hydrogen-bond donors (Lipinski definition) is 1. The monoisotopic (exact) mass is 205 g/mol. The first-order valence-corrected chi connectivity index (χ1v) is 5.66. The fourth-order valence-electron chi connectivity index (χ4n) is 1.99. The highest BCUT2D eigenvalue weighted by Crippen LogP contribution is 2.22. The van der Waals surface area contributed by atoms with Crippen molar-refractivity contribution in [2.75, 3.05) is 26.2 Å². The fraction of sp³-hybridized carbons (Fsp3) is 0.583. The fourth-order valence-corrected chi connectivity index (χ4v) is 1.99. The van der Waals surface area contributed by atoms with Gasteiger partial charge in [-0.3, -0.25) is 0 Å². The maximum absolute atomic E-state index is 4.54. The second kappa shape index (κ2) is 4.62. The van der Waals surface area contributed by atoms with Crippen LogP contribution in [0.3, 0.4) is 0 Å². The van der Waals surface area contributed by atoms with Crippen molar-refractivity contribution < 1.29 is 0 Å². The summed E-state index contributed by atoms with van der Waals surface area (Å²) in [6.45, 7) is 8.67. The van der Waals surface area contributed by atoms with Crippen molar-refractivity contribution in [3.63, 3.8) is 0 Å². The van der Waals surface area contributed by atoms with Gasteiger partial charge in [0.25, 0.3) is 0 Å². The first-order valence-electron chi connectivity index (χ1n) is 5.66. The van der Waals surface area contributed by atoms with Gasteiger partial charge < -0.3 is 10.2 Å². The Labute approximate surface area is 91.6 Å². The summed E-state index contributed by atoms with van der Waals surface area (Å²) in [5.74, 6) is 1.67. The van der Waals surface area contributed by atoms with E-state index < -0.39 is 0 Å². The maximum atomic E-state index is 4.54. The highest BCUT2D eigenvalue weighted by Gasteiger charge is 2.17. The molecule has 1 fully saturated rings. The summed E-state index contributed by atoms with van der Waals surface area (Å²) >= 11 is 0. The Hall–Kier alpha value is -1.09. The van der Waals surface area contributed by atoms with Crippen molar-refractivity contribution in [2.24, 2.45) is 10.9 Å². The van der Waals surface area contributed by atoms with Crippen LogP contribution in [-0.2, 0) is 0 Å². The minimum absolute atomic E-state index is 0.498. The molecular formula is C12H19N3. The summed E-state index contributed by atoms with van der Waals surface area (Å²) < 4.78 is 0. The number of allylic oxidation sites excluding steroid dienone is 3. The van der Waals surface area contributed by atoms with Gasteiger partial charge in [0.15, 0.2) is 0 Å². The zero-order valence-electron chi connectivity index (χ0n) is 9.53. The summed E-state index contributed by atoms with van der Waals surface area (Å²) in [6, 6.07) is 0. The topological polar surface area (TPSA) is 27.6 Å². The number of nitrogens with zero attached hydrogens (tertiary/aromatic N) is 2. The molecule has 1 saturated heterocycles. The normalized spacial score (nSPS) is 27.1. The molecule has 1 atom stereocenters. The smallest absolute Gasteiger partial charge is 0.128 e. The Morgan fingerprint density at radius 2 is 2.13 bits per heavy atom. The molecule has 0 bridgehead atoms. The highest BCUT2D eigenvalue weighted by molar-refractivity contribution is 5.73. The van der Waals surface area contributed by atoms with E-state index in [4.69, 9.17) is 0 Å².